The van der Waals surface area contributed by atoms with E-state index >= 15 is 0 Å². The first-order chi connectivity index (χ1) is 6.12. The SMILES string of the molecule is C#CCCCCCS(=O)(=O)N=[N+]=[N-]. The number of azide groups is 1. The maximum absolute atomic E-state index is 10.8. The molecule has 0 unspecified atom stereocenters. The van der Waals surface area contributed by atoms with Crippen molar-refractivity contribution >= 4 is 10.0 Å². The molecule has 0 fully saturated rings. The van der Waals surface area contributed by atoms with Gasteiger partial charge in [0.25, 0.3) is 0 Å². The summed E-state index contributed by atoms with van der Waals surface area (Å²) in [6.45, 7) is 0. The Morgan fingerprint density at radius 1 is 1.38 bits per heavy atom. The minimum absolute atomic E-state index is 0.0956. The number of hydrogen-bond donors (Lipinski definition) is 0. The van der Waals surface area contributed by atoms with Crippen molar-refractivity contribution in [2.24, 2.45) is 4.52 Å². The van der Waals surface area contributed by atoms with Crippen LogP contribution in [0.3, 0.4) is 0 Å². The van der Waals surface area contributed by atoms with Crippen molar-refractivity contribution in [3.05, 3.63) is 10.4 Å². The largest absolute Gasteiger partial charge is 0.235 e. The van der Waals surface area contributed by atoms with E-state index in [2.05, 4.69) is 15.4 Å². The van der Waals surface area contributed by atoms with E-state index < -0.39 is 10.0 Å². The lowest BCUT2D eigenvalue weighted by molar-refractivity contribution is 0.591. The van der Waals surface area contributed by atoms with Gasteiger partial charge in [-0.05, 0) is 18.4 Å². The van der Waals surface area contributed by atoms with E-state index in [1.165, 1.54) is 0 Å². The molecule has 0 spiro atoms. The van der Waals surface area contributed by atoms with Crippen LogP contribution in [0.5, 0.6) is 0 Å². The average molecular weight is 201 g/mol. The van der Waals surface area contributed by atoms with Gasteiger partial charge in [-0.2, -0.15) is 0 Å². The first-order valence-corrected chi connectivity index (χ1v) is 5.46. The monoisotopic (exact) mass is 201 g/mol. The molecule has 5 nitrogen and oxygen atoms in total. The Labute approximate surface area is 77.8 Å². The molecule has 0 aliphatic carbocycles. The fourth-order valence-corrected chi connectivity index (χ4v) is 1.55. The highest BCUT2D eigenvalue weighted by atomic mass is 32.2. The molecule has 0 saturated heterocycles. The third kappa shape index (κ3) is 7.19. The molecule has 0 atom stereocenters. The number of hydrogen-bond acceptors (Lipinski definition) is 2. The summed E-state index contributed by atoms with van der Waals surface area (Å²) in [4.78, 5) is 2.23. The summed E-state index contributed by atoms with van der Waals surface area (Å²) in [7, 11) is -3.56. The quantitative estimate of drug-likeness (QED) is 0.216. The van der Waals surface area contributed by atoms with Crippen LogP contribution in [0.15, 0.2) is 4.52 Å². The van der Waals surface area contributed by atoms with E-state index in [1.54, 1.807) is 0 Å². The second-order valence-corrected chi connectivity index (χ2v) is 4.21. The van der Waals surface area contributed by atoms with Crippen molar-refractivity contribution in [3.63, 3.8) is 0 Å². The van der Waals surface area contributed by atoms with Crippen molar-refractivity contribution in [1.29, 1.82) is 0 Å². The molecule has 0 amide bonds. The van der Waals surface area contributed by atoms with Gasteiger partial charge in [-0.1, -0.05) is 6.42 Å². The summed E-state index contributed by atoms with van der Waals surface area (Å²) >= 11 is 0. The molecule has 0 heterocycles. The van der Waals surface area contributed by atoms with E-state index in [1.807, 2.05) is 0 Å². The Hall–Kier alpha value is -1.18. The van der Waals surface area contributed by atoms with Gasteiger partial charge in [0.15, 0.2) is 0 Å². The Balaban J connectivity index is 3.66. The molecule has 0 aliphatic rings. The van der Waals surface area contributed by atoms with Gasteiger partial charge in [-0.15, -0.1) is 12.3 Å². The third-order valence-electron chi connectivity index (χ3n) is 1.38. The molecule has 0 saturated carbocycles. The van der Waals surface area contributed by atoms with E-state index in [0.717, 1.165) is 12.8 Å². The van der Waals surface area contributed by atoms with Crippen LogP contribution in [0, 0.1) is 12.3 Å². The molecule has 0 aromatic heterocycles. The molecule has 72 valence electrons. The Morgan fingerprint density at radius 3 is 2.62 bits per heavy atom. The first-order valence-electron chi connectivity index (χ1n) is 3.85. The molecule has 0 radical (unpaired) electrons. The van der Waals surface area contributed by atoms with Crippen molar-refractivity contribution < 1.29 is 8.42 Å². The molecule has 0 bridgehead atoms. The molecule has 0 rings (SSSR count). The lowest BCUT2D eigenvalue weighted by Gasteiger charge is -1.95. The van der Waals surface area contributed by atoms with Gasteiger partial charge in [-0.25, -0.2) is 8.42 Å². The molecule has 0 aliphatic heterocycles. The summed E-state index contributed by atoms with van der Waals surface area (Å²) in [5.41, 5.74) is 7.90. The van der Waals surface area contributed by atoms with Gasteiger partial charge in [0.1, 0.15) is 0 Å². The normalized spacial score (nSPS) is 10.1. The van der Waals surface area contributed by atoms with Crippen LogP contribution >= 0.6 is 0 Å². The van der Waals surface area contributed by atoms with Crippen molar-refractivity contribution in [2.45, 2.75) is 25.7 Å². The number of unbranched alkanes of at least 4 members (excludes halogenated alkanes) is 3. The fourth-order valence-electron chi connectivity index (χ4n) is 0.785. The topological polar surface area (TPSA) is 82.9 Å². The number of sulfonamides is 1. The third-order valence-corrected chi connectivity index (χ3v) is 2.51. The molecule has 6 heteroatoms. The second-order valence-electron chi connectivity index (χ2n) is 2.47. The fraction of sp³-hybridized carbons (Fsp3) is 0.714. The van der Waals surface area contributed by atoms with Crippen LogP contribution in [-0.4, -0.2) is 14.2 Å². The molecule has 0 aromatic carbocycles. The zero-order valence-corrected chi connectivity index (χ0v) is 8.00. The van der Waals surface area contributed by atoms with Crippen LogP contribution in [0.4, 0.5) is 0 Å². The summed E-state index contributed by atoms with van der Waals surface area (Å²) in [5.74, 6) is 2.36. The highest BCUT2D eigenvalue weighted by Crippen LogP contribution is 2.03. The van der Waals surface area contributed by atoms with E-state index in [0.29, 0.717) is 12.8 Å². The van der Waals surface area contributed by atoms with E-state index in [-0.39, 0.29) is 5.75 Å². The predicted octanol–water partition coefficient (Wildman–Crippen LogP) is 1.82. The van der Waals surface area contributed by atoms with Gasteiger partial charge in [-0.3, -0.25) is 0 Å². The van der Waals surface area contributed by atoms with Crippen LogP contribution in [-0.2, 0) is 10.0 Å². The minimum atomic E-state index is -3.56. The maximum atomic E-state index is 10.8. The standard InChI is InChI=1S/C7H11N3O2S/c1-2-3-4-5-6-7-13(11,12)10-9-8/h1H,3-7H2. The van der Waals surface area contributed by atoms with E-state index in [4.69, 9.17) is 12.0 Å². The Morgan fingerprint density at radius 2 is 2.08 bits per heavy atom. The number of nitrogens with zero attached hydrogens (tertiary/aromatic N) is 3. The second kappa shape index (κ2) is 6.35. The highest BCUT2D eigenvalue weighted by molar-refractivity contribution is 7.89. The first kappa shape index (κ1) is 11.8. The summed E-state index contributed by atoms with van der Waals surface area (Å²) in [6, 6.07) is 0. The highest BCUT2D eigenvalue weighted by Gasteiger charge is 2.05. The molecule has 0 aromatic rings. The number of terminal acetylenes is 1. The lowest BCUT2D eigenvalue weighted by Crippen LogP contribution is -2.00. The molecular weight excluding hydrogens is 190 g/mol. The predicted molar refractivity (Wildman–Crippen MR) is 50.2 cm³/mol. The lowest BCUT2D eigenvalue weighted by atomic mass is 10.2. The van der Waals surface area contributed by atoms with Gasteiger partial charge >= 0.3 is 0 Å². The van der Waals surface area contributed by atoms with Crippen molar-refractivity contribution in [2.75, 3.05) is 5.75 Å². The van der Waals surface area contributed by atoms with Crippen LogP contribution < -0.4 is 0 Å². The van der Waals surface area contributed by atoms with Gasteiger partial charge in [0, 0.05) is 15.9 Å². The van der Waals surface area contributed by atoms with Crippen molar-refractivity contribution in [3.8, 4) is 12.3 Å². The summed E-state index contributed by atoms with van der Waals surface area (Å²) in [5, 5.41) is 0. The van der Waals surface area contributed by atoms with E-state index in [9.17, 15) is 8.42 Å². The zero-order valence-electron chi connectivity index (χ0n) is 7.18. The molecule has 0 N–H and O–H groups in total. The minimum Gasteiger partial charge on any atom is -0.221 e. The summed E-state index contributed by atoms with van der Waals surface area (Å²) < 4.78 is 24.3. The van der Waals surface area contributed by atoms with Gasteiger partial charge in [0.2, 0.25) is 10.0 Å². The summed E-state index contributed by atoms with van der Waals surface area (Å²) in [6.07, 6.45) is 7.70. The van der Waals surface area contributed by atoms with Crippen molar-refractivity contribution in [1.82, 2.24) is 0 Å². The van der Waals surface area contributed by atoms with Gasteiger partial charge < -0.3 is 0 Å². The maximum Gasteiger partial charge on any atom is 0.235 e. The van der Waals surface area contributed by atoms with Crippen LogP contribution in [0.25, 0.3) is 10.4 Å². The smallest absolute Gasteiger partial charge is 0.221 e. The Bertz CT molecular complexity index is 322. The molecular formula is C7H11N3O2S. The zero-order chi connectivity index (χ0) is 10.2. The Kier molecular flexibility index (Phi) is 5.77. The van der Waals surface area contributed by atoms with Gasteiger partial charge in [0.05, 0.1) is 5.75 Å². The van der Waals surface area contributed by atoms with Crippen LogP contribution in [0.1, 0.15) is 25.7 Å². The van der Waals surface area contributed by atoms with Crippen LogP contribution in [0.2, 0.25) is 0 Å². The number of rotatable bonds is 6. The molecule has 13 heavy (non-hydrogen) atoms. The average Bonchev–Trinajstić information content (AvgIpc) is 2.04.